The van der Waals surface area contributed by atoms with Crippen LogP contribution in [0.15, 0.2) is 24.3 Å². The molecule has 0 aliphatic carbocycles. The van der Waals surface area contributed by atoms with Gasteiger partial charge in [0, 0.05) is 30.9 Å². The van der Waals surface area contributed by atoms with Crippen molar-refractivity contribution in [1.82, 2.24) is 0 Å². The van der Waals surface area contributed by atoms with E-state index in [0.29, 0.717) is 6.04 Å². The average Bonchev–Trinajstić information content (AvgIpc) is 2.29. The van der Waals surface area contributed by atoms with E-state index >= 15 is 0 Å². The summed E-state index contributed by atoms with van der Waals surface area (Å²) < 4.78 is 5.21. The van der Waals surface area contributed by atoms with Gasteiger partial charge in [-0.2, -0.15) is 0 Å². The summed E-state index contributed by atoms with van der Waals surface area (Å²) in [7, 11) is 1.70. The second-order valence-electron chi connectivity index (χ2n) is 4.05. The molecule has 1 aromatic rings. The van der Waals surface area contributed by atoms with Gasteiger partial charge >= 0.3 is 0 Å². The molecule has 1 unspecified atom stereocenters. The van der Waals surface area contributed by atoms with Crippen molar-refractivity contribution < 1.29 is 4.74 Å². The molecule has 1 heterocycles. The van der Waals surface area contributed by atoms with Crippen LogP contribution in [0, 0.1) is 0 Å². The van der Waals surface area contributed by atoms with E-state index in [0.717, 1.165) is 25.3 Å². The van der Waals surface area contributed by atoms with Gasteiger partial charge in [-0.1, -0.05) is 6.07 Å². The SMILES string of the molecule is COc1cccc(N2CCCC(N)C2)c1. The molecule has 0 saturated carbocycles. The fourth-order valence-corrected chi connectivity index (χ4v) is 2.05. The summed E-state index contributed by atoms with van der Waals surface area (Å²) in [6.07, 6.45) is 2.32. The number of nitrogens with zero attached hydrogens (tertiary/aromatic N) is 1. The highest BCUT2D eigenvalue weighted by Gasteiger charge is 2.16. The molecule has 0 spiro atoms. The number of hydrogen-bond donors (Lipinski definition) is 1. The van der Waals surface area contributed by atoms with E-state index < -0.39 is 0 Å². The van der Waals surface area contributed by atoms with Crippen LogP contribution in [-0.2, 0) is 0 Å². The second kappa shape index (κ2) is 4.53. The Labute approximate surface area is 90.8 Å². The molecular weight excluding hydrogens is 188 g/mol. The van der Waals surface area contributed by atoms with Crippen molar-refractivity contribution in [2.45, 2.75) is 18.9 Å². The third-order valence-corrected chi connectivity index (χ3v) is 2.88. The largest absolute Gasteiger partial charge is 0.497 e. The maximum atomic E-state index is 5.96. The molecule has 1 aliphatic heterocycles. The van der Waals surface area contributed by atoms with Crippen LogP contribution in [0.1, 0.15) is 12.8 Å². The number of nitrogens with two attached hydrogens (primary N) is 1. The minimum absolute atomic E-state index is 0.310. The molecule has 1 fully saturated rings. The molecule has 0 aromatic heterocycles. The molecule has 0 radical (unpaired) electrons. The number of hydrogen-bond acceptors (Lipinski definition) is 3. The normalized spacial score (nSPS) is 21.5. The number of methoxy groups -OCH3 is 1. The Balaban J connectivity index is 2.13. The summed E-state index contributed by atoms with van der Waals surface area (Å²) in [6.45, 7) is 2.05. The zero-order valence-corrected chi connectivity index (χ0v) is 9.15. The first-order valence-corrected chi connectivity index (χ1v) is 5.44. The Morgan fingerprint density at radius 1 is 1.47 bits per heavy atom. The van der Waals surface area contributed by atoms with Gasteiger partial charge in [0.15, 0.2) is 0 Å². The smallest absolute Gasteiger partial charge is 0.120 e. The molecule has 2 rings (SSSR count). The first-order chi connectivity index (χ1) is 7.29. The fourth-order valence-electron chi connectivity index (χ4n) is 2.05. The van der Waals surface area contributed by atoms with Crippen LogP contribution in [-0.4, -0.2) is 26.2 Å². The lowest BCUT2D eigenvalue weighted by Gasteiger charge is -2.32. The van der Waals surface area contributed by atoms with E-state index in [4.69, 9.17) is 10.5 Å². The van der Waals surface area contributed by atoms with Gasteiger partial charge in [0.05, 0.1) is 7.11 Å². The topological polar surface area (TPSA) is 38.5 Å². The number of piperidine rings is 1. The molecule has 0 bridgehead atoms. The van der Waals surface area contributed by atoms with Crippen LogP contribution < -0.4 is 15.4 Å². The predicted molar refractivity (Wildman–Crippen MR) is 62.4 cm³/mol. The number of ether oxygens (including phenoxy) is 1. The van der Waals surface area contributed by atoms with E-state index in [2.05, 4.69) is 17.0 Å². The zero-order valence-electron chi connectivity index (χ0n) is 9.15. The third-order valence-electron chi connectivity index (χ3n) is 2.88. The quantitative estimate of drug-likeness (QED) is 0.799. The molecule has 3 heteroatoms. The van der Waals surface area contributed by atoms with Gasteiger partial charge in [0.1, 0.15) is 5.75 Å². The fraction of sp³-hybridized carbons (Fsp3) is 0.500. The highest BCUT2D eigenvalue weighted by molar-refractivity contribution is 5.51. The van der Waals surface area contributed by atoms with E-state index in [9.17, 15) is 0 Å². The van der Waals surface area contributed by atoms with Crippen molar-refractivity contribution in [3.63, 3.8) is 0 Å². The molecule has 1 saturated heterocycles. The van der Waals surface area contributed by atoms with Gasteiger partial charge in [-0.05, 0) is 25.0 Å². The second-order valence-corrected chi connectivity index (χ2v) is 4.05. The summed E-state index contributed by atoms with van der Waals surface area (Å²) in [5.74, 6) is 0.909. The van der Waals surface area contributed by atoms with Crippen LogP contribution in [0.5, 0.6) is 5.75 Å². The summed E-state index contributed by atoms with van der Waals surface area (Å²) in [6, 6.07) is 8.48. The molecule has 0 amide bonds. The molecule has 1 aliphatic rings. The minimum Gasteiger partial charge on any atom is -0.497 e. The lowest BCUT2D eigenvalue weighted by atomic mass is 10.1. The predicted octanol–water partition coefficient (Wildman–Crippen LogP) is 1.62. The van der Waals surface area contributed by atoms with Crippen LogP contribution in [0.4, 0.5) is 5.69 Å². The Bertz CT molecular complexity index is 327. The first kappa shape index (κ1) is 10.3. The molecule has 15 heavy (non-hydrogen) atoms. The Morgan fingerprint density at radius 2 is 2.33 bits per heavy atom. The van der Waals surface area contributed by atoms with Gasteiger partial charge in [-0.3, -0.25) is 0 Å². The highest BCUT2D eigenvalue weighted by Crippen LogP contribution is 2.23. The Morgan fingerprint density at radius 3 is 3.07 bits per heavy atom. The highest BCUT2D eigenvalue weighted by atomic mass is 16.5. The number of anilines is 1. The average molecular weight is 206 g/mol. The van der Waals surface area contributed by atoms with E-state index in [1.165, 1.54) is 12.1 Å². The Hall–Kier alpha value is -1.22. The van der Waals surface area contributed by atoms with E-state index in [1.807, 2.05) is 12.1 Å². The molecule has 1 atom stereocenters. The molecular formula is C12H18N2O. The van der Waals surface area contributed by atoms with E-state index in [-0.39, 0.29) is 0 Å². The Kier molecular flexibility index (Phi) is 3.11. The zero-order chi connectivity index (χ0) is 10.7. The number of rotatable bonds is 2. The van der Waals surface area contributed by atoms with E-state index in [1.54, 1.807) is 7.11 Å². The van der Waals surface area contributed by atoms with Crippen LogP contribution >= 0.6 is 0 Å². The standard InChI is InChI=1S/C12H18N2O/c1-15-12-6-2-5-11(8-12)14-7-3-4-10(13)9-14/h2,5-6,8,10H,3-4,7,9,13H2,1H3. The van der Waals surface area contributed by atoms with Gasteiger partial charge < -0.3 is 15.4 Å². The number of benzene rings is 1. The lowest BCUT2D eigenvalue weighted by Crippen LogP contribution is -2.42. The maximum absolute atomic E-state index is 5.96. The van der Waals surface area contributed by atoms with Crippen LogP contribution in [0.2, 0.25) is 0 Å². The van der Waals surface area contributed by atoms with Gasteiger partial charge in [-0.25, -0.2) is 0 Å². The summed E-state index contributed by atoms with van der Waals surface area (Å²) in [5, 5.41) is 0. The van der Waals surface area contributed by atoms with Crippen molar-refractivity contribution in [1.29, 1.82) is 0 Å². The maximum Gasteiger partial charge on any atom is 0.120 e. The van der Waals surface area contributed by atoms with Crippen molar-refractivity contribution in [3.8, 4) is 5.75 Å². The van der Waals surface area contributed by atoms with Gasteiger partial charge in [0.2, 0.25) is 0 Å². The van der Waals surface area contributed by atoms with Crippen molar-refractivity contribution >= 4 is 5.69 Å². The van der Waals surface area contributed by atoms with Crippen molar-refractivity contribution in [2.24, 2.45) is 5.73 Å². The molecule has 82 valence electrons. The van der Waals surface area contributed by atoms with Crippen LogP contribution in [0.3, 0.4) is 0 Å². The van der Waals surface area contributed by atoms with Crippen molar-refractivity contribution in [3.05, 3.63) is 24.3 Å². The molecule has 2 N–H and O–H groups in total. The molecule has 3 nitrogen and oxygen atoms in total. The van der Waals surface area contributed by atoms with Gasteiger partial charge in [-0.15, -0.1) is 0 Å². The summed E-state index contributed by atoms with van der Waals surface area (Å²) in [5.41, 5.74) is 7.17. The third kappa shape index (κ3) is 2.42. The monoisotopic (exact) mass is 206 g/mol. The van der Waals surface area contributed by atoms with Gasteiger partial charge in [0.25, 0.3) is 0 Å². The summed E-state index contributed by atoms with van der Waals surface area (Å²) in [4.78, 5) is 2.33. The summed E-state index contributed by atoms with van der Waals surface area (Å²) >= 11 is 0. The lowest BCUT2D eigenvalue weighted by molar-refractivity contribution is 0.414. The molecule has 1 aromatic carbocycles. The minimum atomic E-state index is 0.310. The first-order valence-electron chi connectivity index (χ1n) is 5.44. The van der Waals surface area contributed by atoms with Crippen LogP contribution in [0.25, 0.3) is 0 Å². The van der Waals surface area contributed by atoms with Crippen molar-refractivity contribution in [2.75, 3.05) is 25.1 Å².